The van der Waals surface area contributed by atoms with Crippen molar-refractivity contribution in [3.63, 3.8) is 0 Å². The Kier molecular flexibility index (Phi) is 3.32. The molecule has 2 aromatic carbocycles. The zero-order valence-corrected chi connectivity index (χ0v) is 12.0. The molecule has 0 amide bonds. The minimum absolute atomic E-state index is 0.182. The van der Waals surface area contributed by atoms with Crippen molar-refractivity contribution in [1.29, 1.82) is 0 Å². The second kappa shape index (κ2) is 5.13. The maximum absolute atomic E-state index is 5.68. The molecule has 0 aliphatic carbocycles. The monoisotopic (exact) mass is 284 g/mol. The lowest BCUT2D eigenvalue weighted by atomic mass is 10.1. The largest absolute Gasteiger partial charge is 0.491 e. The summed E-state index contributed by atoms with van der Waals surface area (Å²) >= 11 is 5.03. The van der Waals surface area contributed by atoms with E-state index in [1.807, 2.05) is 37.3 Å². The number of anilines is 1. The van der Waals surface area contributed by atoms with Crippen molar-refractivity contribution < 1.29 is 4.74 Å². The average molecular weight is 284 g/mol. The number of nitrogens with two attached hydrogens (primary N) is 1. The van der Waals surface area contributed by atoms with Crippen molar-refractivity contribution >= 4 is 22.9 Å². The van der Waals surface area contributed by atoms with Crippen molar-refractivity contribution in [2.75, 3.05) is 11.9 Å². The summed E-state index contributed by atoms with van der Waals surface area (Å²) in [5, 5.41) is 3.49. The molecule has 0 radical (unpaired) electrons. The first-order chi connectivity index (χ1) is 9.65. The summed E-state index contributed by atoms with van der Waals surface area (Å²) in [6.45, 7) is 2.66. The van der Waals surface area contributed by atoms with Gasteiger partial charge < -0.3 is 15.8 Å². The molecule has 1 unspecified atom stereocenters. The molecule has 4 heteroatoms. The predicted octanol–water partition coefficient (Wildman–Crippen LogP) is 3.17. The summed E-state index contributed by atoms with van der Waals surface area (Å²) in [4.78, 5) is 0.434. The third kappa shape index (κ3) is 2.34. The average Bonchev–Trinajstić information content (AvgIpc) is 2.82. The highest BCUT2D eigenvalue weighted by Crippen LogP contribution is 2.34. The highest BCUT2D eigenvalue weighted by Gasteiger charge is 2.23. The number of hydrogen-bond donors (Lipinski definition) is 2. The normalized spacial score (nSPS) is 16.4. The molecule has 102 valence electrons. The minimum atomic E-state index is 0.182. The molecule has 1 aliphatic heterocycles. The molecule has 3 rings (SSSR count). The first kappa shape index (κ1) is 12.9. The van der Waals surface area contributed by atoms with Crippen LogP contribution in [0.25, 0.3) is 0 Å². The van der Waals surface area contributed by atoms with Gasteiger partial charge in [-0.15, -0.1) is 0 Å². The van der Waals surface area contributed by atoms with Gasteiger partial charge in [0.05, 0.1) is 6.04 Å². The van der Waals surface area contributed by atoms with E-state index in [1.54, 1.807) is 0 Å². The highest BCUT2D eigenvalue weighted by atomic mass is 32.1. The number of nitrogens with one attached hydrogen (secondary N) is 1. The lowest BCUT2D eigenvalue weighted by Crippen LogP contribution is -2.14. The van der Waals surface area contributed by atoms with Gasteiger partial charge in [-0.05, 0) is 36.8 Å². The van der Waals surface area contributed by atoms with Crippen LogP contribution in [0.2, 0.25) is 0 Å². The first-order valence-corrected chi connectivity index (χ1v) is 6.94. The molecule has 0 aromatic heterocycles. The molecule has 1 aliphatic rings. The van der Waals surface area contributed by atoms with E-state index < -0.39 is 0 Å². The van der Waals surface area contributed by atoms with E-state index in [0.29, 0.717) is 11.6 Å². The summed E-state index contributed by atoms with van der Waals surface area (Å²) in [5.41, 5.74) is 9.93. The number of para-hydroxylation sites is 1. The molecule has 3 nitrogen and oxygen atoms in total. The summed E-state index contributed by atoms with van der Waals surface area (Å²) < 4.78 is 5.67. The van der Waals surface area contributed by atoms with Crippen LogP contribution in [0.5, 0.6) is 5.75 Å². The van der Waals surface area contributed by atoms with E-state index in [4.69, 9.17) is 22.7 Å². The predicted molar refractivity (Wildman–Crippen MR) is 85.4 cm³/mol. The smallest absolute Gasteiger partial charge is 0.124 e. The molecule has 2 aromatic rings. The molecule has 0 saturated heterocycles. The Bertz CT molecular complexity index is 669. The lowest BCUT2D eigenvalue weighted by Gasteiger charge is -2.15. The zero-order chi connectivity index (χ0) is 14.1. The van der Waals surface area contributed by atoms with Crippen molar-refractivity contribution in [2.24, 2.45) is 5.73 Å². The van der Waals surface area contributed by atoms with Gasteiger partial charge in [-0.1, -0.05) is 30.4 Å². The van der Waals surface area contributed by atoms with Crippen LogP contribution in [0.15, 0.2) is 42.5 Å². The van der Waals surface area contributed by atoms with E-state index in [2.05, 4.69) is 17.4 Å². The van der Waals surface area contributed by atoms with E-state index in [0.717, 1.165) is 22.6 Å². The number of thiocarbonyl (C=S) groups is 1. The Morgan fingerprint density at radius 3 is 2.85 bits per heavy atom. The van der Waals surface area contributed by atoms with E-state index in [1.165, 1.54) is 5.56 Å². The van der Waals surface area contributed by atoms with E-state index >= 15 is 0 Å². The molecular weight excluding hydrogens is 268 g/mol. The van der Waals surface area contributed by atoms with Crippen LogP contribution in [0, 0.1) is 6.92 Å². The second-order valence-electron chi connectivity index (χ2n) is 4.94. The van der Waals surface area contributed by atoms with Crippen LogP contribution in [-0.2, 0) is 0 Å². The molecular formula is C16H16N2OS. The van der Waals surface area contributed by atoms with Crippen molar-refractivity contribution in [3.05, 3.63) is 59.2 Å². The molecule has 1 atom stereocenters. The van der Waals surface area contributed by atoms with Crippen LogP contribution in [0.4, 0.5) is 5.69 Å². The summed E-state index contributed by atoms with van der Waals surface area (Å²) in [7, 11) is 0. The highest BCUT2D eigenvalue weighted by molar-refractivity contribution is 7.80. The van der Waals surface area contributed by atoms with Crippen LogP contribution in [-0.4, -0.2) is 11.6 Å². The third-order valence-corrected chi connectivity index (χ3v) is 3.75. The Morgan fingerprint density at radius 2 is 2.10 bits per heavy atom. The number of aryl methyl sites for hydroxylation is 1. The standard InChI is InChI=1S/C16H16N2OS/c1-10-8-11(6-7-12(10)16(17)20)18-14-9-19-15-5-3-2-4-13(14)15/h2-8,14,18H,9H2,1H3,(H2,17,20). The van der Waals surface area contributed by atoms with E-state index in [9.17, 15) is 0 Å². The molecule has 20 heavy (non-hydrogen) atoms. The van der Waals surface area contributed by atoms with Crippen LogP contribution in [0.1, 0.15) is 22.7 Å². The Morgan fingerprint density at radius 1 is 1.30 bits per heavy atom. The minimum Gasteiger partial charge on any atom is -0.491 e. The van der Waals surface area contributed by atoms with Crippen molar-refractivity contribution in [2.45, 2.75) is 13.0 Å². The van der Waals surface area contributed by atoms with Crippen LogP contribution in [0.3, 0.4) is 0 Å². The quantitative estimate of drug-likeness (QED) is 0.850. The van der Waals surface area contributed by atoms with Crippen LogP contribution < -0.4 is 15.8 Å². The van der Waals surface area contributed by atoms with Gasteiger partial charge in [0.1, 0.15) is 17.3 Å². The number of fused-ring (bicyclic) bond motifs is 1. The van der Waals surface area contributed by atoms with Gasteiger partial charge in [0.2, 0.25) is 0 Å². The topological polar surface area (TPSA) is 47.3 Å². The van der Waals surface area contributed by atoms with E-state index in [-0.39, 0.29) is 6.04 Å². The number of ether oxygens (including phenoxy) is 1. The number of hydrogen-bond acceptors (Lipinski definition) is 3. The van der Waals surface area contributed by atoms with Gasteiger partial charge in [0.15, 0.2) is 0 Å². The molecule has 0 saturated carbocycles. The molecule has 0 bridgehead atoms. The summed E-state index contributed by atoms with van der Waals surface area (Å²) in [5.74, 6) is 0.960. The summed E-state index contributed by atoms with van der Waals surface area (Å²) in [6.07, 6.45) is 0. The van der Waals surface area contributed by atoms with Gasteiger partial charge in [-0.2, -0.15) is 0 Å². The van der Waals surface area contributed by atoms with Crippen LogP contribution >= 0.6 is 12.2 Å². The van der Waals surface area contributed by atoms with Gasteiger partial charge >= 0.3 is 0 Å². The fourth-order valence-corrected chi connectivity index (χ4v) is 2.74. The summed E-state index contributed by atoms with van der Waals surface area (Å²) in [6, 6.07) is 14.3. The fourth-order valence-electron chi connectivity index (χ4n) is 2.51. The molecule has 0 fully saturated rings. The maximum Gasteiger partial charge on any atom is 0.124 e. The second-order valence-corrected chi connectivity index (χ2v) is 5.38. The maximum atomic E-state index is 5.68. The number of rotatable bonds is 3. The van der Waals surface area contributed by atoms with Gasteiger partial charge in [-0.3, -0.25) is 0 Å². The zero-order valence-electron chi connectivity index (χ0n) is 11.2. The molecule has 3 N–H and O–H groups in total. The lowest BCUT2D eigenvalue weighted by molar-refractivity contribution is 0.340. The van der Waals surface area contributed by atoms with Gasteiger partial charge in [-0.25, -0.2) is 0 Å². The third-order valence-electron chi connectivity index (χ3n) is 3.53. The van der Waals surface area contributed by atoms with Gasteiger partial charge in [0.25, 0.3) is 0 Å². The fraction of sp³-hybridized carbons (Fsp3) is 0.188. The number of benzene rings is 2. The first-order valence-electron chi connectivity index (χ1n) is 6.54. The van der Waals surface area contributed by atoms with Gasteiger partial charge in [0, 0.05) is 16.8 Å². The molecule has 0 spiro atoms. The Hall–Kier alpha value is -2.07. The van der Waals surface area contributed by atoms with Crippen molar-refractivity contribution in [1.82, 2.24) is 0 Å². The molecule has 1 heterocycles. The Balaban J connectivity index is 1.83. The van der Waals surface area contributed by atoms with Crippen molar-refractivity contribution in [3.8, 4) is 5.75 Å². The Labute approximate surface area is 123 Å². The SMILES string of the molecule is Cc1cc(NC2COc3ccccc32)ccc1C(N)=S.